The Morgan fingerprint density at radius 1 is 1.29 bits per heavy atom. The molecule has 0 radical (unpaired) electrons. The highest BCUT2D eigenvalue weighted by Crippen LogP contribution is 2.29. The Balaban J connectivity index is 1.46. The maximum atomic E-state index is 11.8. The lowest BCUT2D eigenvalue weighted by molar-refractivity contribution is -0.123. The lowest BCUT2D eigenvalue weighted by Crippen LogP contribution is -2.46. The molecule has 0 spiro atoms. The van der Waals surface area contributed by atoms with Crippen molar-refractivity contribution in [2.24, 2.45) is 5.92 Å². The molecule has 6 nitrogen and oxygen atoms in total. The molecule has 1 aromatic rings. The van der Waals surface area contributed by atoms with Gasteiger partial charge in [0.05, 0.1) is 12.0 Å². The summed E-state index contributed by atoms with van der Waals surface area (Å²) in [5.74, 6) is 1.06. The molecule has 1 aliphatic carbocycles. The minimum Gasteiger partial charge on any atom is -0.354 e. The topological polar surface area (TPSA) is 70.2 Å². The van der Waals surface area contributed by atoms with Crippen molar-refractivity contribution in [3.05, 3.63) is 18.0 Å². The zero-order chi connectivity index (χ0) is 14.2. The second kappa shape index (κ2) is 5.26. The zero-order valence-corrected chi connectivity index (χ0v) is 12.1. The number of nitrogens with zero attached hydrogens (tertiary/aromatic N) is 3. The summed E-state index contributed by atoms with van der Waals surface area (Å²) in [5, 5.41) is 6.43. The van der Waals surface area contributed by atoms with E-state index < -0.39 is 0 Å². The summed E-state index contributed by atoms with van der Waals surface area (Å²) in [6.45, 7) is 2.50. The van der Waals surface area contributed by atoms with E-state index in [1.165, 1.54) is 12.8 Å². The molecule has 0 aromatic carbocycles. The molecule has 21 heavy (non-hydrogen) atoms. The van der Waals surface area contributed by atoms with Crippen LogP contribution in [0.1, 0.15) is 31.2 Å². The largest absolute Gasteiger partial charge is 0.354 e. The number of amides is 1. The summed E-state index contributed by atoms with van der Waals surface area (Å²) in [6.07, 6.45) is 8.41. The van der Waals surface area contributed by atoms with Crippen LogP contribution in [0.5, 0.6) is 0 Å². The van der Waals surface area contributed by atoms with Crippen LogP contribution in [-0.4, -0.2) is 41.0 Å². The quantitative estimate of drug-likeness (QED) is 0.841. The fourth-order valence-electron chi connectivity index (χ4n) is 3.34. The molecule has 2 saturated heterocycles. The number of rotatable bonds is 4. The van der Waals surface area contributed by atoms with Gasteiger partial charge in [0.2, 0.25) is 11.9 Å². The molecule has 1 saturated carbocycles. The van der Waals surface area contributed by atoms with Crippen molar-refractivity contribution in [1.29, 1.82) is 0 Å². The molecule has 3 fully saturated rings. The minimum atomic E-state index is 0.110. The van der Waals surface area contributed by atoms with Gasteiger partial charge in [0.1, 0.15) is 0 Å². The van der Waals surface area contributed by atoms with Crippen LogP contribution in [0.25, 0.3) is 0 Å². The molecule has 2 atom stereocenters. The normalized spacial score (nSPS) is 28.4. The second-order valence-corrected chi connectivity index (χ2v) is 6.30. The van der Waals surface area contributed by atoms with Crippen molar-refractivity contribution in [3.63, 3.8) is 0 Å². The number of carbonyl (C=O) groups excluding carboxylic acids is 1. The molecule has 6 heteroatoms. The molecule has 3 heterocycles. The monoisotopic (exact) mass is 287 g/mol. The van der Waals surface area contributed by atoms with Crippen LogP contribution < -0.4 is 15.5 Å². The number of piperidine rings is 1. The Hall–Kier alpha value is -1.69. The molecule has 3 aliphatic rings. The van der Waals surface area contributed by atoms with Crippen LogP contribution in [0.3, 0.4) is 0 Å². The van der Waals surface area contributed by atoms with Gasteiger partial charge in [0, 0.05) is 43.6 Å². The smallest absolute Gasteiger partial charge is 0.225 e. The number of aromatic nitrogens is 2. The highest BCUT2D eigenvalue weighted by molar-refractivity contribution is 5.82. The molecule has 1 amide bonds. The first-order valence-corrected chi connectivity index (χ1v) is 7.90. The van der Waals surface area contributed by atoms with E-state index >= 15 is 0 Å². The van der Waals surface area contributed by atoms with E-state index in [1.807, 2.05) is 12.4 Å². The predicted octanol–water partition coefficient (Wildman–Crippen LogP) is 0.443. The van der Waals surface area contributed by atoms with Crippen LogP contribution in [0.15, 0.2) is 12.4 Å². The van der Waals surface area contributed by atoms with Crippen molar-refractivity contribution < 1.29 is 4.79 Å². The number of carbonyl (C=O) groups is 1. The van der Waals surface area contributed by atoms with Gasteiger partial charge in [-0.3, -0.25) is 4.79 Å². The number of nitrogens with one attached hydrogen (secondary N) is 2. The standard InChI is InChI=1S/C15H21N5O/c21-14-12-2-1-5-20(13(12)9-17-14)15-18-7-10(8-19-15)6-16-11-3-4-11/h7-8,11-13,16H,1-6,9H2,(H,17,21). The number of hydrogen-bond acceptors (Lipinski definition) is 5. The number of hydrogen-bond donors (Lipinski definition) is 2. The lowest BCUT2D eigenvalue weighted by Gasteiger charge is -2.35. The lowest BCUT2D eigenvalue weighted by atomic mass is 9.92. The van der Waals surface area contributed by atoms with Crippen molar-refractivity contribution in [2.75, 3.05) is 18.0 Å². The summed E-state index contributed by atoms with van der Waals surface area (Å²) in [4.78, 5) is 23.0. The summed E-state index contributed by atoms with van der Waals surface area (Å²) >= 11 is 0. The van der Waals surface area contributed by atoms with Crippen molar-refractivity contribution >= 4 is 11.9 Å². The van der Waals surface area contributed by atoms with Crippen molar-refractivity contribution in [1.82, 2.24) is 20.6 Å². The predicted molar refractivity (Wildman–Crippen MR) is 78.8 cm³/mol. The zero-order valence-electron chi connectivity index (χ0n) is 12.1. The second-order valence-electron chi connectivity index (χ2n) is 6.30. The van der Waals surface area contributed by atoms with E-state index in [1.54, 1.807) is 0 Å². The van der Waals surface area contributed by atoms with Crippen LogP contribution in [-0.2, 0) is 11.3 Å². The molecular weight excluding hydrogens is 266 g/mol. The first kappa shape index (κ1) is 13.0. The summed E-state index contributed by atoms with van der Waals surface area (Å²) in [5.41, 5.74) is 1.12. The van der Waals surface area contributed by atoms with E-state index in [0.29, 0.717) is 6.04 Å². The Kier molecular flexibility index (Phi) is 3.25. The molecule has 4 rings (SSSR count). The SMILES string of the molecule is O=C1NCC2C1CCCN2c1ncc(CNC2CC2)cn1. The van der Waals surface area contributed by atoms with Crippen LogP contribution in [0.2, 0.25) is 0 Å². The van der Waals surface area contributed by atoms with Gasteiger partial charge in [0.15, 0.2) is 0 Å². The molecule has 1 aromatic heterocycles. The van der Waals surface area contributed by atoms with E-state index in [9.17, 15) is 4.79 Å². The highest BCUT2D eigenvalue weighted by atomic mass is 16.2. The first-order valence-electron chi connectivity index (χ1n) is 7.90. The van der Waals surface area contributed by atoms with Crippen molar-refractivity contribution in [2.45, 2.75) is 44.3 Å². The van der Waals surface area contributed by atoms with Crippen LogP contribution in [0, 0.1) is 5.92 Å². The molecule has 2 unspecified atom stereocenters. The first-order chi connectivity index (χ1) is 10.3. The third kappa shape index (κ3) is 2.60. The number of fused-ring (bicyclic) bond motifs is 1. The fraction of sp³-hybridized carbons (Fsp3) is 0.667. The maximum absolute atomic E-state index is 11.8. The minimum absolute atomic E-state index is 0.110. The fourth-order valence-corrected chi connectivity index (χ4v) is 3.34. The van der Waals surface area contributed by atoms with Gasteiger partial charge in [-0.1, -0.05) is 0 Å². The van der Waals surface area contributed by atoms with Crippen LogP contribution >= 0.6 is 0 Å². The summed E-state index contributed by atoms with van der Waals surface area (Å²) in [7, 11) is 0. The van der Waals surface area contributed by atoms with Gasteiger partial charge in [-0.25, -0.2) is 9.97 Å². The Morgan fingerprint density at radius 2 is 2.10 bits per heavy atom. The highest BCUT2D eigenvalue weighted by Gasteiger charge is 2.41. The van der Waals surface area contributed by atoms with Gasteiger partial charge >= 0.3 is 0 Å². The summed E-state index contributed by atoms with van der Waals surface area (Å²) in [6, 6.07) is 0.921. The van der Waals surface area contributed by atoms with Gasteiger partial charge < -0.3 is 15.5 Å². The third-order valence-corrected chi connectivity index (χ3v) is 4.72. The van der Waals surface area contributed by atoms with Crippen LogP contribution in [0.4, 0.5) is 5.95 Å². The summed E-state index contributed by atoms with van der Waals surface area (Å²) < 4.78 is 0. The molecule has 2 aliphatic heterocycles. The van der Waals surface area contributed by atoms with E-state index in [4.69, 9.17) is 0 Å². The maximum Gasteiger partial charge on any atom is 0.225 e. The molecule has 0 bridgehead atoms. The van der Waals surface area contributed by atoms with Gasteiger partial charge in [-0.15, -0.1) is 0 Å². The van der Waals surface area contributed by atoms with Gasteiger partial charge in [-0.2, -0.15) is 0 Å². The van der Waals surface area contributed by atoms with E-state index in [0.717, 1.165) is 44.0 Å². The average Bonchev–Trinajstić information content (AvgIpc) is 3.28. The Labute approximate surface area is 124 Å². The van der Waals surface area contributed by atoms with E-state index in [-0.39, 0.29) is 17.9 Å². The average molecular weight is 287 g/mol. The third-order valence-electron chi connectivity index (χ3n) is 4.72. The number of anilines is 1. The van der Waals surface area contributed by atoms with Gasteiger partial charge in [-0.05, 0) is 25.7 Å². The Bertz CT molecular complexity index is 527. The van der Waals surface area contributed by atoms with Crippen molar-refractivity contribution in [3.8, 4) is 0 Å². The molecule has 112 valence electrons. The van der Waals surface area contributed by atoms with Gasteiger partial charge in [0.25, 0.3) is 0 Å². The van der Waals surface area contributed by atoms with E-state index in [2.05, 4.69) is 25.5 Å². The molecular formula is C15H21N5O. The Morgan fingerprint density at radius 3 is 2.86 bits per heavy atom. The molecule has 2 N–H and O–H groups in total.